The lowest BCUT2D eigenvalue weighted by Crippen LogP contribution is -2.31. The smallest absolute Gasteiger partial charge is 0.338 e. The Morgan fingerprint density at radius 2 is 1.74 bits per heavy atom. The first-order valence-corrected chi connectivity index (χ1v) is 10.1. The van der Waals surface area contributed by atoms with Crippen molar-refractivity contribution in [3.8, 4) is 0 Å². The number of benzene rings is 2. The lowest BCUT2D eigenvalue weighted by molar-refractivity contribution is -0.123. The molecule has 1 fully saturated rings. The molecular weight excluding hydrogens is 396 g/mol. The van der Waals surface area contributed by atoms with Crippen molar-refractivity contribution in [1.82, 2.24) is 0 Å². The highest BCUT2D eigenvalue weighted by Gasteiger charge is 2.50. The van der Waals surface area contributed by atoms with Gasteiger partial charge in [0.2, 0.25) is 11.8 Å². The molecule has 1 aliphatic heterocycles. The molecule has 7 heteroatoms. The van der Waals surface area contributed by atoms with E-state index in [2.05, 4.69) is 5.32 Å². The number of nitrogens with one attached hydrogen (secondary N) is 1. The molecule has 0 unspecified atom stereocenters. The number of ether oxygens (including phenoxy) is 1. The summed E-state index contributed by atoms with van der Waals surface area (Å²) in [5, 5.41) is 2.63. The van der Waals surface area contributed by atoms with Gasteiger partial charge in [0, 0.05) is 5.69 Å². The molecule has 158 valence electrons. The number of carbonyl (C=O) groups excluding carboxylic acids is 4. The van der Waals surface area contributed by atoms with Crippen LogP contribution in [0.25, 0.3) is 0 Å². The Balaban J connectivity index is 1.38. The van der Waals surface area contributed by atoms with Crippen LogP contribution in [0.4, 0.5) is 11.4 Å². The number of esters is 1. The fourth-order valence-electron chi connectivity index (χ4n) is 4.08. The SMILES string of the molecule is C[C@@H]1C=CC[C@@H]2C(=O)N(c3ccc(C(=O)OCC(=O)Nc4ccccc4)cc3)C(=O)[C@@H]12. The van der Waals surface area contributed by atoms with Crippen molar-refractivity contribution in [1.29, 1.82) is 0 Å². The van der Waals surface area contributed by atoms with Gasteiger partial charge in [-0.3, -0.25) is 19.3 Å². The fraction of sp³-hybridized carbons (Fsp3) is 0.250. The van der Waals surface area contributed by atoms with E-state index in [9.17, 15) is 19.2 Å². The van der Waals surface area contributed by atoms with Gasteiger partial charge in [-0.1, -0.05) is 37.3 Å². The minimum atomic E-state index is -0.666. The van der Waals surface area contributed by atoms with E-state index >= 15 is 0 Å². The van der Waals surface area contributed by atoms with Crippen LogP contribution in [0.1, 0.15) is 23.7 Å². The summed E-state index contributed by atoms with van der Waals surface area (Å²) in [4.78, 5) is 51.0. The second-order valence-corrected chi connectivity index (χ2v) is 7.70. The van der Waals surface area contributed by atoms with E-state index in [-0.39, 0.29) is 35.1 Å². The highest BCUT2D eigenvalue weighted by molar-refractivity contribution is 6.22. The summed E-state index contributed by atoms with van der Waals surface area (Å²) in [6.07, 6.45) is 4.49. The first-order chi connectivity index (χ1) is 15.0. The molecule has 2 aromatic rings. The Labute approximate surface area is 179 Å². The molecule has 3 amide bonds. The van der Waals surface area contributed by atoms with Crippen molar-refractivity contribution >= 4 is 35.1 Å². The molecule has 0 saturated carbocycles. The van der Waals surface area contributed by atoms with Crippen LogP contribution >= 0.6 is 0 Å². The number of carbonyl (C=O) groups is 4. The number of fused-ring (bicyclic) bond motifs is 1. The molecule has 2 aromatic carbocycles. The second kappa shape index (κ2) is 8.55. The molecule has 2 aliphatic rings. The van der Waals surface area contributed by atoms with Gasteiger partial charge in [-0.05, 0) is 48.7 Å². The summed E-state index contributed by atoms with van der Waals surface area (Å²) in [7, 11) is 0. The van der Waals surface area contributed by atoms with Gasteiger partial charge in [-0.25, -0.2) is 4.79 Å². The zero-order valence-corrected chi connectivity index (χ0v) is 17.0. The Morgan fingerprint density at radius 3 is 2.42 bits per heavy atom. The van der Waals surface area contributed by atoms with Crippen LogP contribution in [-0.2, 0) is 19.1 Å². The first kappa shape index (κ1) is 20.5. The zero-order chi connectivity index (χ0) is 22.0. The number of anilines is 2. The van der Waals surface area contributed by atoms with Gasteiger partial charge in [0.05, 0.1) is 23.1 Å². The maximum atomic E-state index is 12.8. The number of hydrogen-bond acceptors (Lipinski definition) is 5. The average Bonchev–Trinajstić information content (AvgIpc) is 3.04. The lowest BCUT2D eigenvalue weighted by Gasteiger charge is -2.22. The van der Waals surface area contributed by atoms with Gasteiger partial charge in [0.15, 0.2) is 6.61 Å². The summed E-state index contributed by atoms with van der Waals surface area (Å²) >= 11 is 0. The molecule has 1 N–H and O–H groups in total. The predicted molar refractivity (Wildman–Crippen MR) is 114 cm³/mol. The normalized spacial score (nSPS) is 22.2. The van der Waals surface area contributed by atoms with Gasteiger partial charge >= 0.3 is 5.97 Å². The molecule has 0 spiro atoms. The van der Waals surface area contributed by atoms with E-state index in [0.29, 0.717) is 17.8 Å². The number of amides is 3. The lowest BCUT2D eigenvalue weighted by atomic mass is 9.78. The van der Waals surface area contributed by atoms with Gasteiger partial charge in [0.1, 0.15) is 0 Å². The largest absolute Gasteiger partial charge is 0.452 e. The molecule has 0 bridgehead atoms. The fourth-order valence-corrected chi connectivity index (χ4v) is 4.08. The summed E-state index contributed by atoms with van der Waals surface area (Å²) in [6.45, 7) is 1.52. The van der Waals surface area contributed by atoms with Crippen LogP contribution in [0, 0.1) is 17.8 Å². The maximum Gasteiger partial charge on any atom is 0.338 e. The van der Waals surface area contributed by atoms with Crippen LogP contribution in [0.15, 0.2) is 66.7 Å². The van der Waals surface area contributed by atoms with E-state index in [1.54, 1.807) is 36.4 Å². The minimum Gasteiger partial charge on any atom is -0.452 e. The maximum absolute atomic E-state index is 12.8. The zero-order valence-electron chi connectivity index (χ0n) is 17.0. The van der Waals surface area contributed by atoms with Crippen molar-refractivity contribution in [2.45, 2.75) is 13.3 Å². The van der Waals surface area contributed by atoms with Crippen LogP contribution in [0.3, 0.4) is 0 Å². The molecule has 0 aromatic heterocycles. The summed E-state index contributed by atoms with van der Waals surface area (Å²) < 4.78 is 5.05. The van der Waals surface area contributed by atoms with Crippen molar-refractivity contribution in [2.24, 2.45) is 17.8 Å². The van der Waals surface area contributed by atoms with E-state index in [1.165, 1.54) is 17.0 Å². The Morgan fingerprint density at radius 1 is 1.03 bits per heavy atom. The van der Waals surface area contributed by atoms with E-state index in [4.69, 9.17) is 4.74 Å². The topological polar surface area (TPSA) is 92.8 Å². The van der Waals surface area contributed by atoms with E-state index in [0.717, 1.165) is 0 Å². The summed E-state index contributed by atoms with van der Waals surface area (Å²) in [5.74, 6) is -2.20. The monoisotopic (exact) mass is 418 g/mol. The summed E-state index contributed by atoms with van der Waals surface area (Å²) in [5.41, 5.74) is 1.26. The molecule has 3 atom stereocenters. The number of rotatable bonds is 5. The molecule has 0 radical (unpaired) electrons. The van der Waals surface area contributed by atoms with Gasteiger partial charge < -0.3 is 10.1 Å². The number of nitrogens with zero attached hydrogens (tertiary/aromatic N) is 1. The predicted octanol–water partition coefficient (Wildman–Crippen LogP) is 3.18. The van der Waals surface area contributed by atoms with Gasteiger partial charge in [-0.15, -0.1) is 0 Å². The number of hydrogen-bond donors (Lipinski definition) is 1. The number of imide groups is 1. The first-order valence-electron chi connectivity index (χ1n) is 10.1. The van der Waals surface area contributed by atoms with Crippen LogP contribution in [-0.4, -0.2) is 30.3 Å². The quantitative estimate of drug-likeness (QED) is 0.457. The van der Waals surface area contributed by atoms with Crippen LogP contribution in [0.5, 0.6) is 0 Å². The summed E-state index contributed by atoms with van der Waals surface area (Å²) in [6, 6.07) is 14.9. The Bertz CT molecular complexity index is 1050. The van der Waals surface area contributed by atoms with E-state index < -0.39 is 18.5 Å². The number of allylic oxidation sites excluding steroid dienone is 2. The van der Waals surface area contributed by atoms with Crippen molar-refractivity contribution in [3.05, 3.63) is 72.3 Å². The highest BCUT2D eigenvalue weighted by atomic mass is 16.5. The van der Waals surface area contributed by atoms with E-state index in [1.807, 2.05) is 25.1 Å². The molecule has 4 rings (SSSR count). The van der Waals surface area contributed by atoms with Crippen molar-refractivity contribution in [2.75, 3.05) is 16.8 Å². The Hall–Kier alpha value is -3.74. The second-order valence-electron chi connectivity index (χ2n) is 7.70. The molecule has 1 aliphatic carbocycles. The number of para-hydroxylation sites is 1. The van der Waals surface area contributed by atoms with Crippen LogP contribution in [0.2, 0.25) is 0 Å². The van der Waals surface area contributed by atoms with Crippen molar-refractivity contribution in [3.63, 3.8) is 0 Å². The van der Waals surface area contributed by atoms with Gasteiger partial charge in [0.25, 0.3) is 5.91 Å². The Kier molecular flexibility index (Phi) is 5.66. The standard InChI is InChI=1S/C24H22N2O5/c1-15-6-5-9-19-21(15)23(29)26(22(19)28)18-12-10-16(11-13-18)24(30)31-14-20(27)25-17-7-3-2-4-8-17/h2-8,10-13,15,19,21H,9,14H2,1H3,(H,25,27)/t15-,19+,21+/m1/s1. The third-order valence-electron chi connectivity index (χ3n) is 5.63. The highest BCUT2D eigenvalue weighted by Crippen LogP contribution is 2.40. The minimum absolute atomic E-state index is 0.0106. The third kappa shape index (κ3) is 4.12. The molecule has 1 heterocycles. The molecule has 1 saturated heterocycles. The van der Waals surface area contributed by atoms with Gasteiger partial charge in [-0.2, -0.15) is 0 Å². The van der Waals surface area contributed by atoms with Crippen LogP contribution < -0.4 is 10.2 Å². The molecule has 7 nitrogen and oxygen atoms in total. The van der Waals surface area contributed by atoms with Crippen molar-refractivity contribution < 1.29 is 23.9 Å². The molecular formula is C24H22N2O5. The molecule has 31 heavy (non-hydrogen) atoms. The average molecular weight is 418 g/mol. The third-order valence-corrected chi connectivity index (χ3v) is 5.63.